The Morgan fingerprint density at radius 3 is 2.97 bits per heavy atom. The van der Waals surface area contributed by atoms with Crippen LogP contribution in [0.3, 0.4) is 0 Å². The zero-order chi connectivity index (χ0) is 21.4. The van der Waals surface area contributed by atoms with E-state index in [9.17, 15) is 9.59 Å². The number of thiophene rings is 1. The summed E-state index contributed by atoms with van der Waals surface area (Å²) in [6.45, 7) is 2.22. The third kappa shape index (κ3) is 4.25. The van der Waals surface area contributed by atoms with Gasteiger partial charge in [-0.3, -0.25) is 9.59 Å². The molecule has 2 aromatic heterocycles. The minimum absolute atomic E-state index is 0.0265. The molecule has 2 aromatic carbocycles. The fourth-order valence-corrected chi connectivity index (χ4v) is 6.20. The molecule has 158 valence electrons. The van der Waals surface area contributed by atoms with Gasteiger partial charge in [-0.05, 0) is 53.6 Å². The van der Waals surface area contributed by atoms with Crippen LogP contribution in [-0.2, 0) is 29.0 Å². The van der Waals surface area contributed by atoms with Crippen molar-refractivity contribution in [3.05, 3.63) is 69.1 Å². The van der Waals surface area contributed by atoms with Gasteiger partial charge in [0.1, 0.15) is 17.3 Å². The number of fused-ring (bicyclic) bond motifs is 4. The van der Waals surface area contributed by atoms with Gasteiger partial charge >= 0.3 is 5.97 Å². The second-order valence-electron chi connectivity index (χ2n) is 8.00. The Balaban J connectivity index is 1.24. The van der Waals surface area contributed by atoms with Gasteiger partial charge in [-0.25, -0.2) is 4.98 Å². The van der Waals surface area contributed by atoms with Gasteiger partial charge in [-0.1, -0.05) is 37.3 Å². The van der Waals surface area contributed by atoms with Gasteiger partial charge in [0.05, 0.1) is 11.1 Å². The van der Waals surface area contributed by atoms with Gasteiger partial charge in [0.15, 0.2) is 0 Å². The monoisotopic (exact) mass is 450 g/mol. The molecule has 0 fully saturated rings. The number of thioether (sulfide) groups is 1. The first kappa shape index (κ1) is 20.3. The molecular weight excluding hydrogens is 428 g/mol. The average molecular weight is 451 g/mol. The first-order valence-corrected chi connectivity index (χ1v) is 12.2. The van der Waals surface area contributed by atoms with Crippen LogP contribution in [0.15, 0.2) is 52.2 Å². The van der Waals surface area contributed by atoms with Crippen LogP contribution in [0, 0.1) is 5.92 Å². The molecule has 1 aliphatic rings. The molecular formula is C24H22N2O3S2. The Morgan fingerprint density at radius 2 is 2.10 bits per heavy atom. The van der Waals surface area contributed by atoms with Crippen LogP contribution in [0.25, 0.3) is 21.0 Å². The van der Waals surface area contributed by atoms with Crippen molar-refractivity contribution < 1.29 is 9.53 Å². The highest BCUT2D eigenvalue weighted by Crippen LogP contribution is 2.35. The summed E-state index contributed by atoms with van der Waals surface area (Å²) in [4.78, 5) is 35.3. The molecule has 4 aromatic rings. The van der Waals surface area contributed by atoms with E-state index in [-0.39, 0.29) is 23.9 Å². The number of H-pyrrole nitrogens is 1. The Hall–Kier alpha value is -2.64. The summed E-state index contributed by atoms with van der Waals surface area (Å²) in [7, 11) is 0. The van der Waals surface area contributed by atoms with E-state index in [0.29, 0.717) is 17.1 Å². The molecule has 0 aliphatic heterocycles. The van der Waals surface area contributed by atoms with Crippen molar-refractivity contribution in [2.24, 2.45) is 5.92 Å². The summed E-state index contributed by atoms with van der Waals surface area (Å²) in [5.41, 5.74) is 1.02. The van der Waals surface area contributed by atoms with Crippen molar-refractivity contribution in [1.29, 1.82) is 0 Å². The van der Waals surface area contributed by atoms with Crippen molar-refractivity contribution >= 4 is 50.1 Å². The number of nitrogens with one attached hydrogen (secondary N) is 1. The Morgan fingerprint density at radius 1 is 1.26 bits per heavy atom. The summed E-state index contributed by atoms with van der Waals surface area (Å²) in [6, 6.07) is 14.3. The predicted octanol–water partition coefficient (Wildman–Crippen LogP) is 5.10. The first-order chi connectivity index (χ1) is 15.1. The number of nitrogens with zero attached hydrogens (tertiary/aromatic N) is 1. The van der Waals surface area contributed by atoms with E-state index in [1.165, 1.54) is 22.0 Å². The van der Waals surface area contributed by atoms with Crippen LogP contribution in [0.1, 0.15) is 29.6 Å². The zero-order valence-electron chi connectivity index (χ0n) is 17.1. The highest BCUT2D eigenvalue weighted by molar-refractivity contribution is 8.00. The summed E-state index contributed by atoms with van der Waals surface area (Å²) >= 11 is 3.04. The fraction of sp³-hybridized carbons (Fsp3) is 0.292. The molecule has 0 spiro atoms. The number of aromatic amines is 1. The molecule has 31 heavy (non-hydrogen) atoms. The lowest BCUT2D eigenvalue weighted by molar-refractivity contribution is -0.141. The molecule has 2 heterocycles. The van der Waals surface area contributed by atoms with Gasteiger partial charge in [0.2, 0.25) is 0 Å². The minimum atomic E-state index is -0.333. The van der Waals surface area contributed by atoms with Crippen LogP contribution in [0.5, 0.6) is 0 Å². The smallest absolute Gasteiger partial charge is 0.316 e. The number of carbonyl (C=O) groups is 1. The maximum atomic E-state index is 12.6. The number of hydrogen-bond donors (Lipinski definition) is 1. The highest BCUT2D eigenvalue weighted by atomic mass is 32.2. The molecule has 1 aliphatic carbocycles. The van der Waals surface area contributed by atoms with Gasteiger partial charge < -0.3 is 9.72 Å². The topological polar surface area (TPSA) is 72.0 Å². The van der Waals surface area contributed by atoms with E-state index in [2.05, 4.69) is 35.1 Å². The lowest BCUT2D eigenvalue weighted by Gasteiger charge is -2.17. The number of aryl methyl sites for hydroxylation is 1. The highest BCUT2D eigenvalue weighted by Gasteiger charge is 2.23. The maximum Gasteiger partial charge on any atom is 0.316 e. The Labute approximate surface area is 187 Å². The molecule has 0 amide bonds. The molecule has 7 heteroatoms. The van der Waals surface area contributed by atoms with E-state index >= 15 is 0 Å². The van der Waals surface area contributed by atoms with E-state index in [1.807, 2.05) is 24.3 Å². The van der Waals surface area contributed by atoms with E-state index in [4.69, 9.17) is 4.74 Å². The predicted molar refractivity (Wildman–Crippen MR) is 126 cm³/mol. The lowest BCUT2D eigenvalue weighted by atomic mass is 9.89. The Bertz CT molecular complexity index is 1340. The van der Waals surface area contributed by atoms with Crippen LogP contribution in [0.4, 0.5) is 0 Å². The summed E-state index contributed by atoms with van der Waals surface area (Å²) in [6.07, 6.45) is 3.04. The van der Waals surface area contributed by atoms with Crippen molar-refractivity contribution in [1.82, 2.24) is 9.97 Å². The molecule has 1 atom stereocenters. The number of rotatable bonds is 5. The van der Waals surface area contributed by atoms with Gasteiger partial charge in [-0.2, -0.15) is 0 Å². The molecule has 0 bridgehead atoms. The quantitative estimate of drug-likeness (QED) is 0.338. The van der Waals surface area contributed by atoms with Crippen molar-refractivity contribution in [3.8, 4) is 0 Å². The largest absolute Gasteiger partial charge is 0.457 e. The van der Waals surface area contributed by atoms with Crippen molar-refractivity contribution in [2.75, 3.05) is 5.75 Å². The first-order valence-electron chi connectivity index (χ1n) is 10.4. The van der Waals surface area contributed by atoms with Crippen LogP contribution >= 0.6 is 23.1 Å². The molecule has 5 nitrogen and oxygen atoms in total. The van der Waals surface area contributed by atoms with Crippen molar-refractivity contribution in [2.45, 2.75) is 37.7 Å². The number of ether oxygens (including phenoxy) is 1. The third-order valence-electron chi connectivity index (χ3n) is 5.66. The molecule has 0 radical (unpaired) electrons. The van der Waals surface area contributed by atoms with Crippen LogP contribution in [0.2, 0.25) is 0 Å². The van der Waals surface area contributed by atoms with Crippen LogP contribution in [-0.4, -0.2) is 21.7 Å². The lowest BCUT2D eigenvalue weighted by Crippen LogP contribution is -2.16. The second-order valence-corrected chi connectivity index (χ2v) is 10.1. The second kappa shape index (κ2) is 8.48. The normalized spacial score (nSPS) is 15.8. The summed E-state index contributed by atoms with van der Waals surface area (Å²) in [5.74, 6) is 0.907. The number of carbonyl (C=O) groups excluding carboxylic acids is 1. The standard InChI is InChI=1S/C24H22N2O3S2/c1-14-6-9-18-19(10-14)31-24-22(18)23(28)25-20(26-24)12-29-21(27)13-30-17-8-7-15-4-2-3-5-16(15)11-17/h2-5,7-8,11,14H,6,9-10,12-13H2,1H3,(H,25,26,28). The third-order valence-corrected chi connectivity index (χ3v) is 7.78. The van der Waals surface area contributed by atoms with Crippen LogP contribution < -0.4 is 5.56 Å². The summed E-state index contributed by atoms with van der Waals surface area (Å²) in [5, 5.41) is 3.03. The summed E-state index contributed by atoms with van der Waals surface area (Å²) < 4.78 is 5.37. The van der Waals surface area contributed by atoms with E-state index in [1.54, 1.807) is 11.3 Å². The molecule has 1 unspecified atom stereocenters. The van der Waals surface area contributed by atoms with Gasteiger partial charge in [0.25, 0.3) is 5.56 Å². The molecule has 5 rings (SSSR count). The molecule has 0 saturated heterocycles. The van der Waals surface area contributed by atoms with Gasteiger partial charge in [0, 0.05) is 9.77 Å². The SMILES string of the molecule is CC1CCc2c(sc3nc(COC(=O)CSc4ccc5ccccc5c4)[nH]c(=O)c23)C1. The minimum Gasteiger partial charge on any atom is -0.457 e. The Kier molecular flexibility index (Phi) is 5.54. The maximum absolute atomic E-state index is 12.6. The number of benzene rings is 2. The van der Waals surface area contributed by atoms with Gasteiger partial charge in [-0.15, -0.1) is 23.1 Å². The van der Waals surface area contributed by atoms with Crippen molar-refractivity contribution in [3.63, 3.8) is 0 Å². The average Bonchev–Trinajstić information content (AvgIpc) is 3.14. The fourth-order valence-electron chi connectivity index (χ4n) is 4.05. The number of hydrogen-bond acceptors (Lipinski definition) is 6. The number of aromatic nitrogens is 2. The molecule has 1 N–H and O–H groups in total. The van der Waals surface area contributed by atoms with E-state index in [0.717, 1.165) is 39.9 Å². The number of esters is 1. The zero-order valence-corrected chi connectivity index (χ0v) is 18.8. The van der Waals surface area contributed by atoms with E-state index < -0.39 is 0 Å². The molecule has 0 saturated carbocycles.